The van der Waals surface area contributed by atoms with Crippen LogP contribution >= 0.6 is 0 Å². The summed E-state index contributed by atoms with van der Waals surface area (Å²) in [6.45, 7) is 8.66. The Labute approximate surface area is 478 Å². The number of aryl methyl sites for hydroxylation is 4. The van der Waals surface area contributed by atoms with Crippen molar-refractivity contribution >= 4 is 68.2 Å². The second-order valence-corrected chi connectivity index (χ2v) is 20.8. The van der Waals surface area contributed by atoms with E-state index in [-0.39, 0.29) is 0 Å². The molecule has 0 heterocycles. The van der Waals surface area contributed by atoms with E-state index < -0.39 is 0 Å². The van der Waals surface area contributed by atoms with Gasteiger partial charge in [-0.1, -0.05) is 165 Å². The van der Waals surface area contributed by atoms with E-state index in [1.54, 1.807) is 0 Å². The SMILES string of the molecule is CCc1cccc(N(c2ccc(-c3ccc(N(c4ccccc4)c4ccc(-c5ccc(N(c6ccccc6)c6ccc(-c7ccc(N(c8cccc(C)c8)c8cccc(C)c8)cc7)cc6)cc5)cc4)cc3)cc2)c2cccc(C)c2)c1. The fourth-order valence-corrected chi connectivity index (χ4v) is 11.0. The van der Waals surface area contributed by atoms with Crippen LogP contribution in [0.15, 0.2) is 303 Å². The summed E-state index contributed by atoms with van der Waals surface area (Å²) in [5.41, 5.74) is 25.4. The topological polar surface area (TPSA) is 13.0 Å². The van der Waals surface area contributed by atoms with Crippen LogP contribution < -0.4 is 19.6 Å². The molecule has 0 aromatic heterocycles. The summed E-state index contributed by atoms with van der Waals surface area (Å²) >= 11 is 0. The molecule has 4 heteroatoms. The fourth-order valence-electron chi connectivity index (χ4n) is 11.0. The maximum Gasteiger partial charge on any atom is 0.0464 e. The summed E-state index contributed by atoms with van der Waals surface area (Å²) in [7, 11) is 0. The van der Waals surface area contributed by atoms with E-state index in [9.17, 15) is 0 Å². The minimum Gasteiger partial charge on any atom is -0.311 e. The largest absolute Gasteiger partial charge is 0.311 e. The highest BCUT2D eigenvalue weighted by Gasteiger charge is 2.18. The molecule has 12 aromatic rings. The first-order valence-electron chi connectivity index (χ1n) is 28.0. The van der Waals surface area contributed by atoms with Crippen LogP contribution in [0, 0.1) is 20.8 Å². The molecule has 0 aliphatic heterocycles. The van der Waals surface area contributed by atoms with Crippen molar-refractivity contribution in [2.45, 2.75) is 34.1 Å². The van der Waals surface area contributed by atoms with Crippen molar-refractivity contribution in [2.24, 2.45) is 0 Å². The van der Waals surface area contributed by atoms with Crippen molar-refractivity contribution in [3.05, 3.63) is 326 Å². The molecule has 0 aliphatic carbocycles. The standard InChI is InChI=1S/C77H64N4/c1-5-59-19-15-27-77(55-59)81(76-26-14-18-58(4)54-76)73-50-38-65(39-51-73)63-34-46-71(47-35-63)79(67-22-10-7-11-23-67)69-42-30-61(31-43-69)60-28-40-68(41-29-60)78(66-20-8-6-9-21-66)70-44-32-62(33-45-70)64-36-48-72(49-37-64)80(74-24-12-16-56(2)52-74)75-25-13-17-57(3)53-75/h6-55H,5H2,1-4H3. The van der Waals surface area contributed by atoms with Gasteiger partial charge in [-0.05, 0) is 228 Å². The number of rotatable bonds is 16. The van der Waals surface area contributed by atoms with Gasteiger partial charge in [-0.15, -0.1) is 0 Å². The minimum absolute atomic E-state index is 0.989. The van der Waals surface area contributed by atoms with Crippen LogP contribution in [0.3, 0.4) is 0 Å². The van der Waals surface area contributed by atoms with Gasteiger partial charge in [0.05, 0.1) is 0 Å². The van der Waals surface area contributed by atoms with Crippen molar-refractivity contribution in [3.63, 3.8) is 0 Å². The highest BCUT2D eigenvalue weighted by Crippen LogP contribution is 2.42. The van der Waals surface area contributed by atoms with Gasteiger partial charge in [0.25, 0.3) is 0 Å². The monoisotopic (exact) mass is 1040 g/mol. The van der Waals surface area contributed by atoms with E-state index in [0.717, 1.165) is 96.9 Å². The Morgan fingerprint density at radius 2 is 0.407 bits per heavy atom. The number of benzene rings is 12. The summed E-state index contributed by atoms with van der Waals surface area (Å²) in [5.74, 6) is 0. The number of hydrogen-bond acceptors (Lipinski definition) is 4. The van der Waals surface area contributed by atoms with Crippen LogP contribution in [-0.2, 0) is 6.42 Å². The maximum absolute atomic E-state index is 2.35. The van der Waals surface area contributed by atoms with Crippen molar-refractivity contribution in [1.82, 2.24) is 0 Å². The second kappa shape index (κ2) is 23.4. The molecule has 392 valence electrons. The molecule has 81 heavy (non-hydrogen) atoms. The molecular formula is C77H64N4. The molecule has 12 rings (SSSR count). The summed E-state index contributed by atoms with van der Waals surface area (Å²) in [6, 6.07) is 110. The summed E-state index contributed by atoms with van der Waals surface area (Å²) in [5, 5.41) is 0. The van der Waals surface area contributed by atoms with Gasteiger partial charge in [0.15, 0.2) is 0 Å². The van der Waals surface area contributed by atoms with Crippen LogP contribution in [0.25, 0.3) is 33.4 Å². The number of hydrogen-bond donors (Lipinski definition) is 0. The van der Waals surface area contributed by atoms with Gasteiger partial charge in [0, 0.05) is 68.2 Å². The molecule has 0 bridgehead atoms. The van der Waals surface area contributed by atoms with E-state index in [1.807, 2.05) is 0 Å². The van der Waals surface area contributed by atoms with Crippen LogP contribution in [-0.4, -0.2) is 0 Å². The predicted octanol–water partition coefficient (Wildman–Crippen LogP) is 22.1. The second-order valence-electron chi connectivity index (χ2n) is 20.8. The summed E-state index contributed by atoms with van der Waals surface area (Å²) < 4.78 is 0. The van der Waals surface area contributed by atoms with Crippen molar-refractivity contribution in [1.29, 1.82) is 0 Å². The normalized spacial score (nSPS) is 11.0. The number of para-hydroxylation sites is 2. The average molecular weight is 1050 g/mol. The molecule has 0 atom stereocenters. The lowest BCUT2D eigenvalue weighted by atomic mass is 10.0. The van der Waals surface area contributed by atoms with E-state index in [0.29, 0.717) is 0 Å². The quantitative estimate of drug-likeness (QED) is 0.0956. The third-order valence-electron chi connectivity index (χ3n) is 15.1. The molecule has 0 radical (unpaired) electrons. The molecule has 0 saturated carbocycles. The van der Waals surface area contributed by atoms with Crippen LogP contribution in [0.1, 0.15) is 29.2 Å². The molecule has 0 aliphatic rings. The molecule has 4 nitrogen and oxygen atoms in total. The molecule has 12 aromatic carbocycles. The van der Waals surface area contributed by atoms with E-state index in [1.165, 1.54) is 33.4 Å². The van der Waals surface area contributed by atoms with Crippen LogP contribution in [0.5, 0.6) is 0 Å². The smallest absolute Gasteiger partial charge is 0.0464 e. The third-order valence-corrected chi connectivity index (χ3v) is 15.1. The molecule has 0 unspecified atom stereocenters. The van der Waals surface area contributed by atoms with Gasteiger partial charge in [-0.2, -0.15) is 0 Å². The van der Waals surface area contributed by atoms with Gasteiger partial charge >= 0.3 is 0 Å². The van der Waals surface area contributed by atoms with E-state index in [2.05, 4.69) is 351 Å². The van der Waals surface area contributed by atoms with Gasteiger partial charge in [0.1, 0.15) is 0 Å². The molecule has 0 fully saturated rings. The van der Waals surface area contributed by atoms with Crippen molar-refractivity contribution in [3.8, 4) is 33.4 Å². The Morgan fingerprint density at radius 3 is 0.654 bits per heavy atom. The Balaban J connectivity index is 0.774. The third kappa shape index (κ3) is 11.4. The number of nitrogens with zero attached hydrogens (tertiary/aromatic N) is 4. The summed E-state index contributed by atoms with van der Waals surface area (Å²) in [6.07, 6.45) is 0.989. The lowest BCUT2D eigenvalue weighted by Crippen LogP contribution is -2.10. The number of anilines is 12. The van der Waals surface area contributed by atoms with Crippen molar-refractivity contribution in [2.75, 3.05) is 19.6 Å². The van der Waals surface area contributed by atoms with Gasteiger partial charge in [0.2, 0.25) is 0 Å². The lowest BCUT2D eigenvalue weighted by Gasteiger charge is -2.27. The average Bonchev–Trinajstić information content (AvgIpc) is 3.53. The highest BCUT2D eigenvalue weighted by atomic mass is 15.2. The lowest BCUT2D eigenvalue weighted by molar-refractivity contribution is 1.13. The first-order chi connectivity index (χ1) is 39.8. The Bertz CT molecular complexity index is 3980. The zero-order valence-corrected chi connectivity index (χ0v) is 46.4. The Hall–Kier alpha value is -10.2. The molecular weight excluding hydrogens is 981 g/mol. The van der Waals surface area contributed by atoms with E-state index >= 15 is 0 Å². The minimum atomic E-state index is 0.989. The molecule has 0 saturated heterocycles. The maximum atomic E-state index is 2.35. The molecule has 0 spiro atoms. The highest BCUT2D eigenvalue weighted by molar-refractivity contribution is 5.85. The molecule has 0 N–H and O–H groups in total. The zero-order valence-electron chi connectivity index (χ0n) is 46.4. The fraction of sp³-hybridized carbons (Fsp3) is 0.0649. The van der Waals surface area contributed by atoms with Crippen molar-refractivity contribution < 1.29 is 0 Å². The van der Waals surface area contributed by atoms with Gasteiger partial charge in [-0.3, -0.25) is 0 Å². The Morgan fingerprint density at radius 1 is 0.198 bits per heavy atom. The van der Waals surface area contributed by atoms with Crippen LogP contribution in [0.4, 0.5) is 68.2 Å². The molecule has 0 amide bonds. The van der Waals surface area contributed by atoms with Gasteiger partial charge < -0.3 is 19.6 Å². The first kappa shape index (κ1) is 51.6. The van der Waals surface area contributed by atoms with E-state index in [4.69, 9.17) is 0 Å². The predicted molar refractivity (Wildman–Crippen MR) is 345 cm³/mol. The summed E-state index contributed by atoms with van der Waals surface area (Å²) in [4.78, 5) is 9.34. The van der Waals surface area contributed by atoms with Gasteiger partial charge in [-0.25, -0.2) is 0 Å². The van der Waals surface area contributed by atoms with Crippen LogP contribution in [0.2, 0.25) is 0 Å². The zero-order chi connectivity index (χ0) is 55.1. The Kier molecular flexibility index (Phi) is 14.9. The first-order valence-corrected chi connectivity index (χ1v) is 28.0.